The molecule has 0 aliphatic carbocycles. The van der Waals surface area contributed by atoms with Gasteiger partial charge in [-0.3, -0.25) is 5.41 Å². The zero-order valence-corrected chi connectivity index (χ0v) is 8.97. The highest BCUT2D eigenvalue weighted by Crippen LogP contribution is 2.15. The summed E-state index contributed by atoms with van der Waals surface area (Å²) in [5, 5.41) is 7.80. The summed E-state index contributed by atoms with van der Waals surface area (Å²) in [4.78, 5) is 1.63. The minimum Gasteiger partial charge on any atom is -0.378 e. The van der Waals surface area contributed by atoms with Gasteiger partial charge in [-0.1, -0.05) is 0 Å². The lowest BCUT2D eigenvalue weighted by molar-refractivity contribution is 0.0679. The third-order valence-corrected chi connectivity index (χ3v) is 2.58. The lowest BCUT2D eigenvalue weighted by atomic mass is 10.1. The van der Waals surface area contributed by atoms with Crippen molar-refractivity contribution < 1.29 is 17.9 Å². The van der Waals surface area contributed by atoms with E-state index in [0.717, 1.165) is 12.1 Å². The number of morpholine rings is 1. The zero-order chi connectivity index (χ0) is 12.4. The van der Waals surface area contributed by atoms with E-state index in [1.165, 1.54) is 0 Å². The Morgan fingerprint density at radius 1 is 1.12 bits per heavy atom. The number of amidine groups is 1. The van der Waals surface area contributed by atoms with Gasteiger partial charge in [0.1, 0.15) is 5.84 Å². The molecule has 17 heavy (non-hydrogen) atoms. The fourth-order valence-electron chi connectivity index (χ4n) is 1.66. The molecule has 1 N–H and O–H groups in total. The summed E-state index contributed by atoms with van der Waals surface area (Å²) < 4.78 is 43.9. The first-order valence-corrected chi connectivity index (χ1v) is 5.16. The van der Waals surface area contributed by atoms with Gasteiger partial charge < -0.3 is 9.64 Å². The first-order chi connectivity index (χ1) is 8.09. The molecule has 2 rings (SSSR count). The minimum atomic E-state index is -1.51. The first-order valence-electron chi connectivity index (χ1n) is 5.16. The second-order valence-electron chi connectivity index (χ2n) is 3.70. The van der Waals surface area contributed by atoms with E-state index in [1.54, 1.807) is 4.90 Å². The summed E-state index contributed by atoms with van der Waals surface area (Å²) in [6.07, 6.45) is 0. The van der Waals surface area contributed by atoms with Crippen LogP contribution in [0.3, 0.4) is 0 Å². The fourth-order valence-corrected chi connectivity index (χ4v) is 1.66. The van der Waals surface area contributed by atoms with Crippen molar-refractivity contribution in [1.82, 2.24) is 4.90 Å². The fraction of sp³-hybridized carbons (Fsp3) is 0.364. The van der Waals surface area contributed by atoms with E-state index in [4.69, 9.17) is 10.1 Å². The highest BCUT2D eigenvalue weighted by atomic mass is 19.2. The molecule has 0 atom stereocenters. The molecule has 1 aliphatic heterocycles. The number of rotatable bonds is 1. The largest absolute Gasteiger partial charge is 0.378 e. The van der Waals surface area contributed by atoms with Crippen LogP contribution in [0.5, 0.6) is 0 Å². The summed E-state index contributed by atoms with van der Waals surface area (Å²) in [5.41, 5.74) is 0.0308. The van der Waals surface area contributed by atoms with Gasteiger partial charge in [-0.2, -0.15) is 0 Å². The number of nitrogens with one attached hydrogen (secondary N) is 1. The van der Waals surface area contributed by atoms with Crippen molar-refractivity contribution in [2.24, 2.45) is 0 Å². The van der Waals surface area contributed by atoms with Gasteiger partial charge in [0.25, 0.3) is 0 Å². The average Bonchev–Trinajstić information content (AvgIpc) is 2.35. The summed E-state index contributed by atoms with van der Waals surface area (Å²) in [7, 11) is 0. The van der Waals surface area contributed by atoms with Crippen LogP contribution in [0.25, 0.3) is 0 Å². The SMILES string of the molecule is N=C(c1cc(F)c(F)c(F)c1)N1CCOCC1. The van der Waals surface area contributed by atoms with Crippen LogP contribution in [0.1, 0.15) is 5.56 Å². The number of hydrogen-bond donors (Lipinski definition) is 1. The summed E-state index contributed by atoms with van der Waals surface area (Å²) in [6.45, 7) is 1.90. The summed E-state index contributed by atoms with van der Waals surface area (Å²) in [5.74, 6) is -4.09. The number of ether oxygens (including phenoxy) is 1. The number of hydrogen-bond acceptors (Lipinski definition) is 2. The zero-order valence-electron chi connectivity index (χ0n) is 8.97. The van der Waals surface area contributed by atoms with Crippen LogP contribution in [0.4, 0.5) is 13.2 Å². The van der Waals surface area contributed by atoms with E-state index >= 15 is 0 Å². The van der Waals surface area contributed by atoms with Gasteiger partial charge in [-0.05, 0) is 12.1 Å². The van der Waals surface area contributed by atoms with Crippen molar-refractivity contribution in [3.63, 3.8) is 0 Å². The maximum absolute atomic E-state index is 13.0. The Bertz CT molecular complexity index is 421. The van der Waals surface area contributed by atoms with E-state index in [-0.39, 0.29) is 11.4 Å². The van der Waals surface area contributed by atoms with E-state index in [2.05, 4.69) is 0 Å². The van der Waals surface area contributed by atoms with Crippen LogP contribution in [0, 0.1) is 22.9 Å². The third kappa shape index (κ3) is 2.41. The highest BCUT2D eigenvalue weighted by Gasteiger charge is 2.18. The molecule has 0 bridgehead atoms. The van der Waals surface area contributed by atoms with Gasteiger partial charge in [-0.15, -0.1) is 0 Å². The molecule has 0 saturated carbocycles. The van der Waals surface area contributed by atoms with Crippen LogP contribution in [0.2, 0.25) is 0 Å². The van der Waals surface area contributed by atoms with E-state index in [1.807, 2.05) is 0 Å². The Labute approximate surface area is 96.3 Å². The highest BCUT2D eigenvalue weighted by molar-refractivity contribution is 5.96. The Kier molecular flexibility index (Phi) is 3.33. The van der Waals surface area contributed by atoms with Gasteiger partial charge in [0.05, 0.1) is 13.2 Å². The van der Waals surface area contributed by atoms with Crippen molar-refractivity contribution in [2.45, 2.75) is 0 Å². The molecule has 1 aliphatic rings. The molecule has 0 radical (unpaired) electrons. The molecular formula is C11H11F3N2O. The quantitative estimate of drug-likeness (QED) is 0.464. The predicted octanol–water partition coefficient (Wildman–Crippen LogP) is 1.76. The molecule has 6 heteroatoms. The number of nitrogens with zero attached hydrogens (tertiary/aromatic N) is 1. The standard InChI is InChI=1S/C11H11F3N2O/c12-8-5-7(6-9(13)10(8)14)11(15)16-1-3-17-4-2-16/h5-6,15H,1-4H2. The molecule has 1 fully saturated rings. The second-order valence-corrected chi connectivity index (χ2v) is 3.70. The molecule has 92 valence electrons. The number of benzene rings is 1. The van der Waals surface area contributed by atoms with Crippen molar-refractivity contribution in [1.29, 1.82) is 5.41 Å². The van der Waals surface area contributed by atoms with Crippen molar-refractivity contribution in [3.8, 4) is 0 Å². The van der Waals surface area contributed by atoms with Crippen molar-refractivity contribution >= 4 is 5.84 Å². The lowest BCUT2D eigenvalue weighted by Gasteiger charge is -2.29. The monoisotopic (exact) mass is 244 g/mol. The third-order valence-electron chi connectivity index (χ3n) is 2.58. The van der Waals surface area contributed by atoms with Gasteiger partial charge in [0.15, 0.2) is 17.5 Å². The minimum absolute atomic E-state index is 0.0221. The summed E-state index contributed by atoms with van der Waals surface area (Å²) >= 11 is 0. The molecular weight excluding hydrogens is 233 g/mol. The summed E-state index contributed by atoms with van der Waals surface area (Å²) in [6, 6.07) is 1.66. The first kappa shape index (κ1) is 11.9. The maximum atomic E-state index is 13.0. The van der Waals surface area contributed by atoms with Gasteiger partial charge in [0.2, 0.25) is 0 Å². The molecule has 1 aromatic rings. The number of halogens is 3. The molecule has 1 aromatic carbocycles. The Morgan fingerprint density at radius 3 is 2.18 bits per heavy atom. The van der Waals surface area contributed by atoms with Crippen LogP contribution >= 0.6 is 0 Å². The van der Waals surface area contributed by atoms with Crippen LogP contribution in [-0.4, -0.2) is 37.0 Å². The van der Waals surface area contributed by atoms with Crippen molar-refractivity contribution in [2.75, 3.05) is 26.3 Å². The van der Waals surface area contributed by atoms with Crippen molar-refractivity contribution in [3.05, 3.63) is 35.1 Å². The van der Waals surface area contributed by atoms with Crippen LogP contribution < -0.4 is 0 Å². The maximum Gasteiger partial charge on any atom is 0.194 e. The second kappa shape index (κ2) is 4.75. The molecule has 3 nitrogen and oxygen atoms in total. The van der Waals surface area contributed by atoms with E-state index < -0.39 is 17.5 Å². The molecule has 0 amide bonds. The predicted molar refractivity (Wildman–Crippen MR) is 55.5 cm³/mol. The topological polar surface area (TPSA) is 36.3 Å². The van der Waals surface area contributed by atoms with Gasteiger partial charge in [0, 0.05) is 18.7 Å². The van der Waals surface area contributed by atoms with Crippen LogP contribution in [0.15, 0.2) is 12.1 Å². The molecule has 0 spiro atoms. The van der Waals surface area contributed by atoms with E-state index in [9.17, 15) is 13.2 Å². The normalized spacial score (nSPS) is 16.1. The molecule has 0 unspecified atom stereocenters. The molecule has 1 saturated heterocycles. The average molecular weight is 244 g/mol. The Morgan fingerprint density at radius 2 is 1.65 bits per heavy atom. The van der Waals surface area contributed by atoms with Crippen LogP contribution in [-0.2, 0) is 4.74 Å². The smallest absolute Gasteiger partial charge is 0.194 e. The van der Waals surface area contributed by atoms with Gasteiger partial charge >= 0.3 is 0 Å². The Hall–Kier alpha value is -1.56. The molecule has 1 heterocycles. The van der Waals surface area contributed by atoms with Gasteiger partial charge in [-0.25, -0.2) is 13.2 Å². The molecule has 0 aromatic heterocycles. The Balaban J connectivity index is 2.24. The van der Waals surface area contributed by atoms with E-state index in [0.29, 0.717) is 26.3 Å². The lowest BCUT2D eigenvalue weighted by Crippen LogP contribution is -2.40.